The van der Waals surface area contributed by atoms with E-state index in [1.54, 1.807) is 0 Å². The Bertz CT molecular complexity index is 698. The van der Waals surface area contributed by atoms with Crippen LogP contribution in [0.5, 0.6) is 0 Å². The number of rotatable bonds is 6. The Labute approximate surface area is 159 Å². The predicted molar refractivity (Wildman–Crippen MR) is 100 cm³/mol. The number of nitrogens with two attached hydrogens (primary N) is 1. The topological polar surface area (TPSA) is 95.1 Å². The number of carbonyl (C=O) groups is 3. The van der Waals surface area contributed by atoms with Crippen molar-refractivity contribution in [1.29, 1.82) is 0 Å². The fourth-order valence-electron chi connectivity index (χ4n) is 4.09. The molecule has 0 unspecified atom stereocenters. The Morgan fingerprint density at radius 2 is 1.85 bits per heavy atom. The standard InChI is InChI=1S/C20H28N4O3/c1-14(2)17(15-9-5-3-6-10-15)21-13-16(25)23-24-18(26)20(22-19(24)27)11-7-4-8-12-20/h3,5-6,9-10,14,17,21H,4,7-8,11-13H2,1-2H3,(H,22,27)(H,23,25)/p+1/t17-/m0/s1. The molecule has 1 aromatic carbocycles. The van der Waals surface area contributed by atoms with Crippen LogP contribution in [-0.4, -0.2) is 34.9 Å². The molecule has 146 valence electrons. The summed E-state index contributed by atoms with van der Waals surface area (Å²) < 4.78 is 0. The average molecular weight is 373 g/mol. The van der Waals surface area contributed by atoms with Crippen molar-refractivity contribution in [3.8, 4) is 0 Å². The molecule has 1 atom stereocenters. The van der Waals surface area contributed by atoms with E-state index in [4.69, 9.17) is 0 Å². The third kappa shape index (κ3) is 4.13. The Morgan fingerprint density at radius 3 is 2.48 bits per heavy atom. The summed E-state index contributed by atoms with van der Waals surface area (Å²) >= 11 is 0. The molecule has 1 aromatic rings. The maximum Gasteiger partial charge on any atom is 0.344 e. The van der Waals surface area contributed by atoms with Gasteiger partial charge in [0.15, 0.2) is 6.54 Å². The molecular weight excluding hydrogens is 344 g/mol. The molecule has 2 aliphatic rings. The summed E-state index contributed by atoms with van der Waals surface area (Å²) in [6.45, 7) is 4.36. The number of benzene rings is 1. The molecular formula is C20H29N4O3+. The Hall–Kier alpha value is -2.41. The van der Waals surface area contributed by atoms with Crippen molar-refractivity contribution in [2.75, 3.05) is 6.54 Å². The smallest absolute Gasteiger partial charge is 0.332 e. The molecule has 1 saturated carbocycles. The van der Waals surface area contributed by atoms with Gasteiger partial charge in [0, 0.05) is 11.5 Å². The first-order valence-corrected chi connectivity index (χ1v) is 9.77. The quantitative estimate of drug-likeness (QED) is 0.655. The molecule has 2 fully saturated rings. The first-order chi connectivity index (χ1) is 12.9. The van der Waals surface area contributed by atoms with E-state index in [2.05, 4.69) is 24.6 Å². The van der Waals surface area contributed by atoms with Crippen LogP contribution >= 0.6 is 0 Å². The van der Waals surface area contributed by atoms with Crippen LogP contribution < -0.4 is 16.1 Å². The zero-order valence-electron chi connectivity index (χ0n) is 16.0. The number of nitrogens with zero attached hydrogens (tertiary/aromatic N) is 1. The minimum Gasteiger partial charge on any atom is -0.332 e. The third-order valence-corrected chi connectivity index (χ3v) is 5.57. The van der Waals surface area contributed by atoms with E-state index in [0.29, 0.717) is 18.8 Å². The summed E-state index contributed by atoms with van der Waals surface area (Å²) in [4.78, 5) is 37.3. The molecule has 4 N–H and O–H groups in total. The first-order valence-electron chi connectivity index (χ1n) is 9.77. The van der Waals surface area contributed by atoms with Crippen molar-refractivity contribution in [3.05, 3.63) is 35.9 Å². The summed E-state index contributed by atoms with van der Waals surface area (Å²) in [5, 5.41) is 5.61. The molecule has 27 heavy (non-hydrogen) atoms. The summed E-state index contributed by atoms with van der Waals surface area (Å²) in [6.07, 6.45) is 4.17. The van der Waals surface area contributed by atoms with Gasteiger partial charge in [-0.25, -0.2) is 4.79 Å². The van der Waals surface area contributed by atoms with Crippen LogP contribution in [0, 0.1) is 5.92 Å². The van der Waals surface area contributed by atoms with E-state index in [9.17, 15) is 14.4 Å². The van der Waals surface area contributed by atoms with Gasteiger partial charge < -0.3 is 10.6 Å². The van der Waals surface area contributed by atoms with Gasteiger partial charge in [-0.05, 0) is 12.8 Å². The highest BCUT2D eigenvalue weighted by atomic mass is 16.2. The van der Waals surface area contributed by atoms with Crippen LogP contribution in [0.25, 0.3) is 0 Å². The molecule has 3 rings (SSSR count). The molecule has 0 bridgehead atoms. The summed E-state index contributed by atoms with van der Waals surface area (Å²) in [6, 6.07) is 9.62. The maximum absolute atomic E-state index is 12.7. The lowest BCUT2D eigenvalue weighted by Crippen LogP contribution is -2.88. The second kappa shape index (κ2) is 8.08. The average Bonchev–Trinajstić information content (AvgIpc) is 2.87. The van der Waals surface area contributed by atoms with Gasteiger partial charge in [0.2, 0.25) is 0 Å². The normalized spacial score (nSPS) is 20.0. The SMILES string of the molecule is CC(C)[C@H]([NH2+]CC(=O)NN1C(=O)NC2(CCCCC2)C1=O)c1ccccc1. The van der Waals surface area contributed by atoms with Crippen LogP contribution in [0.3, 0.4) is 0 Å². The number of quaternary nitrogens is 1. The van der Waals surface area contributed by atoms with E-state index in [0.717, 1.165) is 29.8 Å². The number of hydrogen-bond donors (Lipinski definition) is 3. The molecule has 1 spiro atoms. The molecule has 0 aromatic heterocycles. The number of hydrazine groups is 1. The van der Waals surface area contributed by atoms with Crippen LogP contribution in [0.4, 0.5) is 4.79 Å². The van der Waals surface area contributed by atoms with Crippen molar-refractivity contribution < 1.29 is 19.7 Å². The molecule has 0 radical (unpaired) electrons. The van der Waals surface area contributed by atoms with Gasteiger partial charge in [0.25, 0.3) is 11.8 Å². The van der Waals surface area contributed by atoms with Crippen LogP contribution in [0.1, 0.15) is 57.6 Å². The summed E-state index contributed by atoms with van der Waals surface area (Å²) in [5.41, 5.74) is 2.82. The lowest BCUT2D eigenvalue weighted by Gasteiger charge is -2.30. The first kappa shape index (κ1) is 19.4. The monoisotopic (exact) mass is 373 g/mol. The molecule has 1 heterocycles. The molecule has 7 nitrogen and oxygen atoms in total. The minimum atomic E-state index is -0.823. The zero-order valence-corrected chi connectivity index (χ0v) is 16.0. The van der Waals surface area contributed by atoms with Gasteiger partial charge in [-0.3, -0.25) is 15.0 Å². The summed E-state index contributed by atoms with van der Waals surface area (Å²) in [5.74, 6) is -0.348. The van der Waals surface area contributed by atoms with Crippen molar-refractivity contribution >= 4 is 17.8 Å². The van der Waals surface area contributed by atoms with Crippen molar-refractivity contribution in [2.45, 2.75) is 57.5 Å². The zero-order chi connectivity index (χ0) is 19.4. The highest BCUT2D eigenvalue weighted by Gasteiger charge is 2.52. The number of imide groups is 1. The number of nitrogens with one attached hydrogen (secondary N) is 2. The van der Waals surface area contributed by atoms with Gasteiger partial charge in [-0.15, -0.1) is 0 Å². The van der Waals surface area contributed by atoms with Crippen molar-refractivity contribution in [3.63, 3.8) is 0 Å². The number of amides is 4. The van der Waals surface area contributed by atoms with Gasteiger partial charge in [-0.2, -0.15) is 5.01 Å². The lowest BCUT2D eigenvalue weighted by molar-refractivity contribution is -0.692. The fourth-order valence-corrected chi connectivity index (χ4v) is 4.09. The van der Waals surface area contributed by atoms with Crippen LogP contribution in [0.15, 0.2) is 30.3 Å². The lowest BCUT2D eigenvalue weighted by atomic mass is 9.82. The van der Waals surface area contributed by atoms with Crippen LogP contribution in [-0.2, 0) is 9.59 Å². The van der Waals surface area contributed by atoms with Gasteiger partial charge in [-0.1, -0.05) is 63.4 Å². The van der Waals surface area contributed by atoms with Gasteiger partial charge in [0.05, 0.1) is 0 Å². The predicted octanol–water partition coefficient (Wildman–Crippen LogP) is 1.23. The number of hydrogen-bond acceptors (Lipinski definition) is 3. The van der Waals surface area contributed by atoms with E-state index < -0.39 is 11.6 Å². The van der Waals surface area contributed by atoms with Gasteiger partial charge in [0.1, 0.15) is 11.6 Å². The number of carbonyl (C=O) groups excluding carboxylic acids is 3. The van der Waals surface area contributed by atoms with E-state index in [1.165, 1.54) is 0 Å². The van der Waals surface area contributed by atoms with Crippen LogP contribution in [0.2, 0.25) is 0 Å². The molecule has 7 heteroatoms. The second-order valence-electron chi connectivity index (χ2n) is 7.87. The van der Waals surface area contributed by atoms with Gasteiger partial charge >= 0.3 is 6.03 Å². The van der Waals surface area contributed by atoms with E-state index >= 15 is 0 Å². The molecule has 1 aliphatic heterocycles. The Balaban J connectivity index is 1.59. The fraction of sp³-hybridized carbons (Fsp3) is 0.550. The van der Waals surface area contributed by atoms with Crippen molar-refractivity contribution in [2.24, 2.45) is 5.92 Å². The Kier molecular flexibility index (Phi) is 5.79. The molecule has 1 saturated heterocycles. The minimum absolute atomic E-state index is 0.129. The second-order valence-corrected chi connectivity index (χ2v) is 7.87. The third-order valence-electron chi connectivity index (χ3n) is 5.57. The molecule has 4 amide bonds. The largest absolute Gasteiger partial charge is 0.344 e. The summed E-state index contributed by atoms with van der Waals surface area (Å²) in [7, 11) is 0. The molecule has 1 aliphatic carbocycles. The maximum atomic E-state index is 12.7. The van der Waals surface area contributed by atoms with E-state index in [-0.39, 0.29) is 24.4 Å². The Morgan fingerprint density at radius 1 is 1.19 bits per heavy atom. The highest BCUT2D eigenvalue weighted by molar-refractivity contribution is 6.08. The van der Waals surface area contributed by atoms with Crippen molar-refractivity contribution in [1.82, 2.24) is 15.8 Å². The van der Waals surface area contributed by atoms with E-state index in [1.807, 2.05) is 35.6 Å². The number of urea groups is 1. The highest BCUT2D eigenvalue weighted by Crippen LogP contribution is 2.32.